The monoisotopic (exact) mass is 636 g/mol. The lowest BCUT2D eigenvalue weighted by atomic mass is 9.87. The number of likely N-dealkylation sites (tertiary alicyclic amines) is 1. The number of benzene rings is 1. The smallest absolute Gasteiger partial charge is 0.434 e. The fourth-order valence-corrected chi connectivity index (χ4v) is 7.05. The van der Waals surface area contributed by atoms with Crippen molar-refractivity contribution < 1.29 is 27.5 Å². The molecule has 0 bridgehead atoms. The van der Waals surface area contributed by atoms with Gasteiger partial charge in [0.05, 0.1) is 23.4 Å². The lowest BCUT2D eigenvalue weighted by Gasteiger charge is -2.32. The molecule has 1 aliphatic heterocycles. The maximum atomic E-state index is 14.1. The first kappa shape index (κ1) is 31.0. The van der Waals surface area contributed by atoms with Gasteiger partial charge in [0.25, 0.3) is 0 Å². The van der Waals surface area contributed by atoms with Crippen molar-refractivity contribution in [3.8, 4) is 16.4 Å². The number of aryl methyl sites for hydroxylation is 3. The van der Waals surface area contributed by atoms with E-state index in [0.29, 0.717) is 22.2 Å². The third-order valence-electron chi connectivity index (χ3n) is 8.70. The maximum Gasteiger partial charge on any atom is 0.434 e. The summed E-state index contributed by atoms with van der Waals surface area (Å²) in [4.78, 5) is 32.1. The van der Waals surface area contributed by atoms with Crippen molar-refractivity contribution in [1.82, 2.24) is 19.7 Å². The second-order valence-corrected chi connectivity index (χ2v) is 12.7. The van der Waals surface area contributed by atoms with E-state index in [2.05, 4.69) is 35.2 Å². The van der Waals surface area contributed by atoms with Gasteiger partial charge in [-0.15, -0.1) is 11.3 Å². The van der Waals surface area contributed by atoms with Crippen molar-refractivity contribution >= 4 is 23.2 Å². The Labute approximate surface area is 264 Å². The van der Waals surface area contributed by atoms with Gasteiger partial charge in [-0.25, -0.2) is 14.5 Å². The number of carbonyl (C=O) groups is 2. The van der Waals surface area contributed by atoms with Gasteiger partial charge >= 0.3 is 12.1 Å². The van der Waals surface area contributed by atoms with Gasteiger partial charge in [0.1, 0.15) is 5.56 Å². The van der Waals surface area contributed by atoms with Crippen molar-refractivity contribution in [2.45, 2.75) is 64.5 Å². The van der Waals surface area contributed by atoms with Crippen LogP contribution in [0.15, 0.2) is 54.0 Å². The number of rotatable bonds is 9. The van der Waals surface area contributed by atoms with Crippen LogP contribution >= 0.6 is 11.3 Å². The molecule has 2 aliphatic rings. The molecule has 45 heavy (non-hydrogen) atoms. The van der Waals surface area contributed by atoms with Gasteiger partial charge in [-0.05, 0) is 104 Å². The van der Waals surface area contributed by atoms with Gasteiger partial charge in [0.15, 0.2) is 11.5 Å². The van der Waals surface area contributed by atoms with Gasteiger partial charge in [-0.2, -0.15) is 18.3 Å². The van der Waals surface area contributed by atoms with E-state index in [4.69, 9.17) is 4.74 Å². The normalized spacial score (nSPS) is 15.8. The number of hydrogen-bond acceptors (Lipinski definition) is 6. The molecule has 236 valence electrons. The maximum absolute atomic E-state index is 14.1. The number of esters is 1. The third-order valence-corrected chi connectivity index (χ3v) is 9.68. The van der Waals surface area contributed by atoms with E-state index in [0.717, 1.165) is 68.3 Å². The molecule has 0 radical (unpaired) electrons. The van der Waals surface area contributed by atoms with E-state index in [1.54, 1.807) is 12.1 Å². The number of hydrogen-bond donors (Lipinski definition) is 0. The summed E-state index contributed by atoms with van der Waals surface area (Å²) in [7, 11) is 0. The quantitative estimate of drug-likeness (QED) is 0.179. The zero-order valence-electron chi connectivity index (χ0n) is 25.3. The molecular formula is C34H35F3N4O3S. The van der Waals surface area contributed by atoms with Gasteiger partial charge in [-0.1, -0.05) is 24.3 Å². The third kappa shape index (κ3) is 6.68. The zero-order valence-corrected chi connectivity index (χ0v) is 26.1. The Balaban J connectivity index is 1.15. The zero-order chi connectivity index (χ0) is 31.7. The Morgan fingerprint density at radius 3 is 2.47 bits per heavy atom. The summed E-state index contributed by atoms with van der Waals surface area (Å²) in [6.45, 7) is 5.28. The minimum absolute atomic E-state index is 0.0381. The predicted molar refractivity (Wildman–Crippen MR) is 165 cm³/mol. The lowest BCUT2D eigenvalue weighted by Crippen LogP contribution is -2.38. The first-order valence-corrected chi connectivity index (χ1v) is 16.3. The molecule has 1 saturated carbocycles. The number of halogens is 3. The Bertz CT molecular complexity index is 1700. The van der Waals surface area contributed by atoms with Gasteiger partial charge in [0, 0.05) is 19.0 Å². The summed E-state index contributed by atoms with van der Waals surface area (Å²) in [6, 6.07) is 13.6. The summed E-state index contributed by atoms with van der Waals surface area (Å²) >= 11 is 1.48. The number of pyridine rings is 1. The number of carbonyl (C=O) groups excluding carboxylic acids is 2. The van der Waals surface area contributed by atoms with Crippen LogP contribution in [0.5, 0.6) is 0 Å². The van der Waals surface area contributed by atoms with Crippen LogP contribution in [0.25, 0.3) is 16.4 Å². The molecule has 1 aromatic carbocycles. The molecule has 6 rings (SSSR count). The van der Waals surface area contributed by atoms with Crippen LogP contribution < -0.4 is 0 Å². The van der Waals surface area contributed by atoms with E-state index in [9.17, 15) is 22.8 Å². The summed E-state index contributed by atoms with van der Waals surface area (Å²) in [5, 5.41) is 5.83. The lowest BCUT2D eigenvalue weighted by molar-refractivity contribution is -0.143. The first-order valence-electron chi connectivity index (χ1n) is 15.4. The molecule has 0 unspecified atom stereocenters. The molecule has 2 fully saturated rings. The fraction of sp³-hybridized carbons (Fsp3) is 0.412. The largest absolute Gasteiger partial charge is 0.462 e. The number of piperidine rings is 1. The number of thiophene rings is 1. The Morgan fingerprint density at radius 1 is 1.02 bits per heavy atom. The molecule has 1 amide bonds. The minimum Gasteiger partial charge on any atom is -0.462 e. The topological polar surface area (TPSA) is 77.3 Å². The van der Waals surface area contributed by atoms with Crippen LogP contribution in [-0.4, -0.2) is 51.2 Å². The number of amides is 1. The second kappa shape index (κ2) is 12.8. The molecule has 3 aromatic heterocycles. The van der Waals surface area contributed by atoms with E-state index >= 15 is 0 Å². The number of aromatic nitrogens is 3. The van der Waals surface area contributed by atoms with Crippen LogP contribution in [0, 0.1) is 12.8 Å². The summed E-state index contributed by atoms with van der Waals surface area (Å²) < 4.78 is 47.6. The molecule has 11 heteroatoms. The molecule has 4 aromatic rings. The molecule has 0 atom stereocenters. The molecule has 0 spiro atoms. The summed E-state index contributed by atoms with van der Waals surface area (Å²) in [5.41, 5.74) is 3.54. The average molecular weight is 637 g/mol. The van der Waals surface area contributed by atoms with Crippen molar-refractivity contribution in [3.05, 3.63) is 87.6 Å². The van der Waals surface area contributed by atoms with Crippen LogP contribution in [0.3, 0.4) is 0 Å². The fourth-order valence-electron chi connectivity index (χ4n) is 6.12. The molecule has 4 heterocycles. The van der Waals surface area contributed by atoms with Gasteiger partial charge in [0.2, 0.25) is 5.91 Å². The van der Waals surface area contributed by atoms with E-state index in [1.165, 1.54) is 41.0 Å². The summed E-state index contributed by atoms with van der Waals surface area (Å²) in [5.74, 6) is -0.0453. The minimum atomic E-state index is -4.84. The van der Waals surface area contributed by atoms with E-state index < -0.39 is 23.4 Å². The van der Waals surface area contributed by atoms with E-state index in [1.807, 2.05) is 16.3 Å². The number of alkyl halides is 3. The van der Waals surface area contributed by atoms with Crippen molar-refractivity contribution in [3.63, 3.8) is 0 Å². The van der Waals surface area contributed by atoms with Gasteiger partial charge < -0.3 is 9.64 Å². The SMILES string of the molecule is CCOC(=O)c1cnn(-c2cccc(-c3sccc3CCc3ccc(C4CCN(C(=O)C5CC5)CC4)cc3C)n2)c1C(F)(F)F. The van der Waals surface area contributed by atoms with E-state index in [-0.39, 0.29) is 18.3 Å². The van der Waals surface area contributed by atoms with Crippen LogP contribution in [0.1, 0.15) is 76.8 Å². The Kier molecular flexibility index (Phi) is 8.81. The second-order valence-electron chi connectivity index (χ2n) is 11.8. The molecule has 1 aliphatic carbocycles. The highest BCUT2D eigenvalue weighted by atomic mass is 32.1. The highest BCUT2D eigenvalue weighted by Crippen LogP contribution is 2.37. The average Bonchev–Trinajstić information content (AvgIpc) is 3.59. The van der Waals surface area contributed by atoms with Crippen molar-refractivity contribution in [2.24, 2.45) is 5.92 Å². The Hall–Kier alpha value is -3.99. The van der Waals surface area contributed by atoms with Crippen LogP contribution in [0.4, 0.5) is 13.2 Å². The van der Waals surface area contributed by atoms with Gasteiger partial charge in [-0.3, -0.25) is 4.79 Å². The summed E-state index contributed by atoms with van der Waals surface area (Å²) in [6.07, 6.45) is 1.66. The predicted octanol–water partition coefficient (Wildman–Crippen LogP) is 7.40. The number of ether oxygens (including phenoxy) is 1. The van der Waals surface area contributed by atoms with Crippen molar-refractivity contribution in [1.29, 1.82) is 0 Å². The molecule has 7 nitrogen and oxygen atoms in total. The Morgan fingerprint density at radius 2 is 1.78 bits per heavy atom. The number of nitrogens with zero attached hydrogens (tertiary/aromatic N) is 4. The first-order chi connectivity index (χ1) is 21.6. The standard InChI is InChI=1S/C34H35F3N4O3S/c1-3-44-33(43)27-20-38-41(31(27)34(35,36)37)29-6-4-5-28(39-29)30-24(15-18-45-30)9-7-22-8-12-26(19-21(22)2)23-13-16-40(17-14-23)32(42)25-10-11-25/h4-6,8,12,15,18-20,23,25H,3,7,9-11,13-14,16-17H2,1-2H3. The van der Waals surface area contributed by atoms with Crippen molar-refractivity contribution in [2.75, 3.05) is 19.7 Å². The highest BCUT2D eigenvalue weighted by Gasteiger charge is 2.41. The molecule has 1 saturated heterocycles. The van der Waals surface area contributed by atoms with Crippen LogP contribution in [-0.2, 0) is 28.5 Å². The molecule has 0 N–H and O–H groups in total. The molecular weight excluding hydrogens is 601 g/mol. The highest BCUT2D eigenvalue weighted by molar-refractivity contribution is 7.13. The van der Waals surface area contributed by atoms with Crippen LogP contribution in [0.2, 0.25) is 0 Å².